The number of hydrogen-bond donors (Lipinski definition) is 2. The fourth-order valence-electron chi connectivity index (χ4n) is 1.82. The van der Waals surface area contributed by atoms with Crippen molar-refractivity contribution in [2.75, 3.05) is 32.9 Å². The summed E-state index contributed by atoms with van der Waals surface area (Å²) in [6.45, 7) is 6.71. The molecule has 0 bridgehead atoms. The maximum atomic E-state index is 12.0. The van der Waals surface area contributed by atoms with Crippen LogP contribution in [-0.2, 0) is 4.74 Å². The van der Waals surface area contributed by atoms with Crippen LogP contribution in [0.2, 0.25) is 0 Å². The van der Waals surface area contributed by atoms with Gasteiger partial charge in [0.15, 0.2) is 5.96 Å². The van der Waals surface area contributed by atoms with Crippen LogP contribution in [0.3, 0.4) is 0 Å². The zero-order valence-corrected chi connectivity index (χ0v) is 10.9. The Labute approximate surface area is 103 Å². The lowest BCUT2D eigenvalue weighted by Crippen LogP contribution is -2.39. The quantitative estimate of drug-likeness (QED) is 0.423. The van der Waals surface area contributed by atoms with Crippen LogP contribution in [0.5, 0.6) is 0 Å². The molecule has 0 aliphatic carbocycles. The van der Waals surface area contributed by atoms with Crippen molar-refractivity contribution in [2.24, 2.45) is 4.99 Å². The van der Waals surface area contributed by atoms with Gasteiger partial charge < -0.3 is 15.4 Å². The maximum Gasteiger partial charge on any atom is 0.191 e. The highest BCUT2D eigenvalue weighted by Gasteiger charge is 2.29. The van der Waals surface area contributed by atoms with Gasteiger partial charge in [-0.1, -0.05) is 0 Å². The Balaban J connectivity index is 2.38. The second-order valence-corrected chi connectivity index (χ2v) is 4.57. The van der Waals surface area contributed by atoms with Gasteiger partial charge in [0, 0.05) is 19.7 Å². The molecule has 17 heavy (non-hydrogen) atoms. The third kappa shape index (κ3) is 5.35. The first-order chi connectivity index (χ1) is 8.20. The van der Waals surface area contributed by atoms with Crippen LogP contribution in [0.25, 0.3) is 0 Å². The predicted molar refractivity (Wildman–Crippen MR) is 68.2 cm³/mol. The number of aliphatic imine (C=N–C) groups is 1. The van der Waals surface area contributed by atoms with Crippen molar-refractivity contribution >= 4 is 5.96 Å². The van der Waals surface area contributed by atoms with Crippen molar-refractivity contribution in [3.63, 3.8) is 0 Å². The maximum absolute atomic E-state index is 12.0. The van der Waals surface area contributed by atoms with E-state index in [0.717, 1.165) is 32.0 Å². The molecule has 0 saturated carbocycles. The first-order valence-corrected chi connectivity index (χ1v) is 6.42. The summed E-state index contributed by atoms with van der Waals surface area (Å²) in [7, 11) is 0. The Morgan fingerprint density at radius 2 is 2.29 bits per heavy atom. The van der Waals surface area contributed by atoms with E-state index in [0.29, 0.717) is 19.5 Å². The van der Waals surface area contributed by atoms with Crippen molar-refractivity contribution in [3.05, 3.63) is 0 Å². The standard InChI is InChI=1S/C12H24FN3O/c1-3-14-11(15-8-5-7-13)16-10-12(2)6-4-9-17-12/h3-10H2,1-2H3,(H2,14,15,16). The molecular formula is C12H24FN3O. The molecule has 0 aromatic heterocycles. The van der Waals surface area contributed by atoms with E-state index in [9.17, 15) is 4.39 Å². The molecule has 1 fully saturated rings. The first-order valence-electron chi connectivity index (χ1n) is 6.42. The van der Waals surface area contributed by atoms with Gasteiger partial charge in [-0.25, -0.2) is 0 Å². The van der Waals surface area contributed by atoms with Gasteiger partial charge in [-0.05, 0) is 33.1 Å². The van der Waals surface area contributed by atoms with Crippen LogP contribution in [0, 0.1) is 0 Å². The van der Waals surface area contributed by atoms with Crippen molar-refractivity contribution in [1.82, 2.24) is 10.6 Å². The Bertz CT molecular complexity index is 240. The van der Waals surface area contributed by atoms with Gasteiger partial charge in [-0.3, -0.25) is 9.38 Å². The molecule has 4 nitrogen and oxygen atoms in total. The summed E-state index contributed by atoms with van der Waals surface area (Å²) < 4.78 is 17.7. The molecule has 2 N–H and O–H groups in total. The van der Waals surface area contributed by atoms with Crippen molar-refractivity contribution in [2.45, 2.75) is 38.7 Å². The fourth-order valence-corrected chi connectivity index (χ4v) is 1.82. The number of alkyl halides is 1. The van der Waals surface area contributed by atoms with Gasteiger partial charge in [-0.2, -0.15) is 0 Å². The summed E-state index contributed by atoms with van der Waals surface area (Å²) in [6, 6.07) is 0. The summed E-state index contributed by atoms with van der Waals surface area (Å²) in [6.07, 6.45) is 2.68. The average Bonchev–Trinajstić information content (AvgIpc) is 2.74. The van der Waals surface area contributed by atoms with Crippen LogP contribution < -0.4 is 10.6 Å². The Morgan fingerprint density at radius 3 is 2.88 bits per heavy atom. The molecule has 1 unspecified atom stereocenters. The number of ether oxygens (including phenoxy) is 1. The molecule has 1 atom stereocenters. The smallest absolute Gasteiger partial charge is 0.191 e. The third-order valence-electron chi connectivity index (χ3n) is 2.82. The van der Waals surface area contributed by atoms with E-state index >= 15 is 0 Å². The molecule has 1 aliphatic heterocycles. The Hall–Kier alpha value is -0.840. The molecule has 0 aromatic rings. The van der Waals surface area contributed by atoms with E-state index in [2.05, 4.69) is 22.5 Å². The fraction of sp³-hybridized carbons (Fsp3) is 0.917. The minimum Gasteiger partial charge on any atom is -0.373 e. The molecule has 0 spiro atoms. The van der Waals surface area contributed by atoms with Gasteiger partial charge in [0.2, 0.25) is 0 Å². The van der Waals surface area contributed by atoms with Gasteiger partial charge in [0.05, 0.1) is 18.8 Å². The number of nitrogens with zero attached hydrogens (tertiary/aromatic N) is 1. The topological polar surface area (TPSA) is 45.7 Å². The Morgan fingerprint density at radius 1 is 1.47 bits per heavy atom. The number of hydrogen-bond acceptors (Lipinski definition) is 2. The molecule has 100 valence electrons. The Kier molecular flexibility index (Phi) is 6.26. The van der Waals surface area contributed by atoms with Gasteiger partial charge in [0.1, 0.15) is 0 Å². The van der Waals surface area contributed by atoms with Crippen LogP contribution in [0.4, 0.5) is 4.39 Å². The summed E-state index contributed by atoms with van der Waals surface area (Å²) in [5.74, 6) is 0.748. The molecule has 1 heterocycles. The zero-order chi connectivity index (χ0) is 12.6. The minimum absolute atomic E-state index is 0.123. The summed E-state index contributed by atoms with van der Waals surface area (Å²) in [4.78, 5) is 4.49. The molecule has 1 saturated heterocycles. The second kappa shape index (κ2) is 7.48. The molecule has 0 radical (unpaired) electrons. The van der Waals surface area contributed by atoms with E-state index < -0.39 is 0 Å². The van der Waals surface area contributed by atoms with Crippen molar-refractivity contribution in [1.29, 1.82) is 0 Å². The molecule has 0 aromatic carbocycles. The summed E-state index contributed by atoms with van der Waals surface area (Å²) in [5, 5.41) is 6.25. The monoisotopic (exact) mass is 245 g/mol. The predicted octanol–water partition coefficient (Wildman–Crippen LogP) is 1.47. The number of guanidine groups is 1. The zero-order valence-electron chi connectivity index (χ0n) is 10.9. The van der Waals surface area contributed by atoms with Crippen molar-refractivity contribution < 1.29 is 9.13 Å². The normalized spacial score (nSPS) is 25.0. The lowest BCUT2D eigenvalue weighted by molar-refractivity contribution is 0.0283. The van der Waals surface area contributed by atoms with E-state index in [1.807, 2.05) is 6.92 Å². The molecular weight excluding hydrogens is 221 g/mol. The van der Waals surface area contributed by atoms with E-state index in [1.165, 1.54) is 0 Å². The van der Waals surface area contributed by atoms with Crippen molar-refractivity contribution in [3.8, 4) is 0 Å². The third-order valence-corrected chi connectivity index (χ3v) is 2.82. The molecule has 1 rings (SSSR count). The lowest BCUT2D eigenvalue weighted by Gasteiger charge is -2.21. The van der Waals surface area contributed by atoms with Crippen LogP contribution in [0.1, 0.15) is 33.1 Å². The highest BCUT2D eigenvalue weighted by atomic mass is 19.1. The lowest BCUT2D eigenvalue weighted by atomic mass is 10.0. The number of rotatable bonds is 6. The van der Waals surface area contributed by atoms with Crippen LogP contribution >= 0.6 is 0 Å². The summed E-state index contributed by atoms with van der Waals surface area (Å²) >= 11 is 0. The van der Waals surface area contributed by atoms with Gasteiger partial charge in [0.25, 0.3) is 0 Å². The first kappa shape index (κ1) is 14.2. The number of halogens is 1. The van der Waals surface area contributed by atoms with E-state index in [4.69, 9.17) is 4.74 Å². The highest BCUT2D eigenvalue weighted by Crippen LogP contribution is 2.24. The van der Waals surface area contributed by atoms with E-state index in [1.54, 1.807) is 0 Å². The molecule has 1 aliphatic rings. The molecule has 5 heteroatoms. The second-order valence-electron chi connectivity index (χ2n) is 4.57. The summed E-state index contributed by atoms with van der Waals surface area (Å²) in [5.41, 5.74) is -0.123. The van der Waals surface area contributed by atoms with Gasteiger partial charge in [-0.15, -0.1) is 0 Å². The number of nitrogens with one attached hydrogen (secondary N) is 2. The molecule has 0 amide bonds. The highest BCUT2D eigenvalue weighted by molar-refractivity contribution is 5.79. The SMILES string of the molecule is CCNC(=NCC1(C)CCCO1)NCCCF. The van der Waals surface area contributed by atoms with E-state index in [-0.39, 0.29) is 12.3 Å². The van der Waals surface area contributed by atoms with Gasteiger partial charge >= 0.3 is 0 Å². The largest absolute Gasteiger partial charge is 0.373 e. The van der Waals surface area contributed by atoms with Crippen LogP contribution in [-0.4, -0.2) is 44.5 Å². The average molecular weight is 245 g/mol. The minimum atomic E-state index is -0.298. The van der Waals surface area contributed by atoms with Crippen LogP contribution in [0.15, 0.2) is 4.99 Å².